The Balaban J connectivity index is 1.88. The lowest BCUT2D eigenvalue weighted by Crippen LogP contribution is -2.27. The standard InChI is InChI=1S/C22H31N3O3/c1-5-25(6-2)14-15-28-19-11-9-18(10-12-19)23-22(26)24-20-16-17(4)8-13-21(20)27-7-3/h8-13,16H,5-7,14-15H2,1-4H3,(H2,23,24,26). The van der Waals surface area contributed by atoms with E-state index in [9.17, 15) is 4.79 Å². The maximum Gasteiger partial charge on any atom is 0.323 e. The topological polar surface area (TPSA) is 62.8 Å². The second-order valence-electron chi connectivity index (χ2n) is 6.41. The quantitative estimate of drug-likeness (QED) is 0.619. The highest BCUT2D eigenvalue weighted by Gasteiger charge is 2.09. The molecule has 2 aromatic rings. The van der Waals surface area contributed by atoms with E-state index in [1.54, 1.807) is 0 Å². The molecule has 0 fully saturated rings. The number of nitrogens with one attached hydrogen (secondary N) is 2. The van der Waals surface area contributed by atoms with E-state index in [0.717, 1.165) is 30.9 Å². The number of aryl methyl sites for hydroxylation is 1. The molecule has 0 atom stereocenters. The van der Waals surface area contributed by atoms with Crippen LogP contribution in [0.3, 0.4) is 0 Å². The Hall–Kier alpha value is -2.73. The van der Waals surface area contributed by atoms with E-state index in [2.05, 4.69) is 29.4 Å². The highest BCUT2D eigenvalue weighted by atomic mass is 16.5. The van der Waals surface area contributed by atoms with Crippen molar-refractivity contribution in [3.05, 3.63) is 48.0 Å². The molecule has 2 rings (SSSR count). The first kappa shape index (κ1) is 21.6. The maximum atomic E-state index is 12.3. The van der Waals surface area contributed by atoms with Crippen molar-refractivity contribution in [2.24, 2.45) is 0 Å². The van der Waals surface area contributed by atoms with Crippen molar-refractivity contribution in [1.82, 2.24) is 4.90 Å². The van der Waals surface area contributed by atoms with Gasteiger partial charge < -0.3 is 25.0 Å². The molecule has 0 unspecified atom stereocenters. The van der Waals surface area contributed by atoms with E-state index < -0.39 is 0 Å². The van der Waals surface area contributed by atoms with Crippen molar-refractivity contribution in [2.75, 3.05) is 43.5 Å². The molecule has 2 amide bonds. The van der Waals surface area contributed by atoms with Gasteiger partial charge in [-0.15, -0.1) is 0 Å². The van der Waals surface area contributed by atoms with E-state index in [1.165, 1.54) is 0 Å². The number of amides is 2. The molecule has 2 aromatic carbocycles. The molecule has 0 aliphatic carbocycles. The summed E-state index contributed by atoms with van der Waals surface area (Å²) in [5.74, 6) is 1.44. The van der Waals surface area contributed by atoms with Crippen molar-refractivity contribution in [1.29, 1.82) is 0 Å². The summed E-state index contributed by atoms with van der Waals surface area (Å²) in [6.45, 7) is 12.3. The Kier molecular flexibility index (Phi) is 8.62. The van der Waals surface area contributed by atoms with E-state index in [-0.39, 0.29) is 6.03 Å². The third-order valence-electron chi connectivity index (χ3n) is 4.37. The number of rotatable bonds is 10. The van der Waals surface area contributed by atoms with Crippen molar-refractivity contribution in [3.8, 4) is 11.5 Å². The van der Waals surface area contributed by atoms with Gasteiger partial charge >= 0.3 is 6.03 Å². The summed E-state index contributed by atoms with van der Waals surface area (Å²) < 4.78 is 11.3. The zero-order valence-corrected chi connectivity index (χ0v) is 17.2. The largest absolute Gasteiger partial charge is 0.492 e. The van der Waals surface area contributed by atoms with Crippen molar-refractivity contribution >= 4 is 17.4 Å². The maximum absolute atomic E-state index is 12.3. The fraction of sp³-hybridized carbons (Fsp3) is 0.409. The summed E-state index contributed by atoms with van der Waals surface area (Å²) in [4.78, 5) is 14.6. The van der Waals surface area contributed by atoms with E-state index in [1.807, 2.05) is 56.3 Å². The minimum absolute atomic E-state index is 0.318. The molecule has 152 valence electrons. The van der Waals surface area contributed by atoms with Crippen LogP contribution in [0, 0.1) is 6.92 Å². The average Bonchev–Trinajstić information content (AvgIpc) is 2.69. The molecule has 28 heavy (non-hydrogen) atoms. The molecule has 6 nitrogen and oxygen atoms in total. The van der Waals surface area contributed by atoms with Gasteiger partial charge in [-0.3, -0.25) is 0 Å². The first-order valence-electron chi connectivity index (χ1n) is 9.82. The van der Waals surface area contributed by atoms with Gasteiger partial charge in [0.1, 0.15) is 18.1 Å². The number of nitrogens with zero attached hydrogens (tertiary/aromatic N) is 1. The minimum Gasteiger partial charge on any atom is -0.492 e. The van der Waals surface area contributed by atoms with Gasteiger partial charge in [-0.1, -0.05) is 19.9 Å². The van der Waals surface area contributed by atoms with E-state index >= 15 is 0 Å². The first-order valence-corrected chi connectivity index (χ1v) is 9.82. The average molecular weight is 386 g/mol. The molecule has 0 heterocycles. The summed E-state index contributed by atoms with van der Waals surface area (Å²) in [6.07, 6.45) is 0. The van der Waals surface area contributed by atoms with Crippen LogP contribution in [0.15, 0.2) is 42.5 Å². The fourth-order valence-corrected chi connectivity index (χ4v) is 2.77. The third kappa shape index (κ3) is 6.78. The molecule has 0 bridgehead atoms. The van der Waals surface area contributed by atoms with Crippen LogP contribution in [0.4, 0.5) is 16.2 Å². The number of ether oxygens (including phenoxy) is 2. The van der Waals surface area contributed by atoms with Crippen LogP contribution < -0.4 is 20.1 Å². The number of benzene rings is 2. The Morgan fingerprint density at radius 2 is 1.68 bits per heavy atom. The number of urea groups is 1. The van der Waals surface area contributed by atoms with Crippen molar-refractivity contribution in [3.63, 3.8) is 0 Å². The fourth-order valence-electron chi connectivity index (χ4n) is 2.77. The Morgan fingerprint density at radius 3 is 2.32 bits per heavy atom. The molecule has 0 aromatic heterocycles. The van der Waals surface area contributed by atoms with Crippen LogP contribution >= 0.6 is 0 Å². The van der Waals surface area contributed by atoms with Gasteiger partial charge in [-0.2, -0.15) is 0 Å². The van der Waals surface area contributed by atoms with Crippen LogP contribution in [0.5, 0.6) is 11.5 Å². The van der Waals surface area contributed by atoms with E-state index in [0.29, 0.717) is 30.3 Å². The number of hydrogen-bond acceptors (Lipinski definition) is 4. The molecular weight excluding hydrogens is 354 g/mol. The predicted molar refractivity (Wildman–Crippen MR) is 115 cm³/mol. The van der Waals surface area contributed by atoms with Gasteiger partial charge in [0.15, 0.2) is 0 Å². The third-order valence-corrected chi connectivity index (χ3v) is 4.37. The molecule has 0 spiro atoms. The number of carbonyl (C=O) groups excluding carboxylic acids is 1. The van der Waals surface area contributed by atoms with Gasteiger partial charge in [0.2, 0.25) is 0 Å². The molecule has 2 N–H and O–H groups in total. The zero-order chi connectivity index (χ0) is 20.4. The highest BCUT2D eigenvalue weighted by Crippen LogP contribution is 2.26. The van der Waals surface area contributed by atoms with Gasteiger partial charge in [0, 0.05) is 12.2 Å². The second kappa shape index (κ2) is 11.2. The smallest absolute Gasteiger partial charge is 0.323 e. The van der Waals surface area contributed by atoms with Crippen LogP contribution in [-0.4, -0.2) is 43.8 Å². The molecule has 0 radical (unpaired) electrons. The van der Waals surface area contributed by atoms with Gasteiger partial charge in [0.25, 0.3) is 0 Å². The lowest BCUT2D eigenvalue weighted by molar-refractivity contribution is 0.223. The van der Waals surface area contributed by atoms with Crippen molar-refractivity contribution < 1.29 is 14.3 Å². The molecule has 0 saturated carbocycles. The van der Waals surface area contributed by atoms with Gasteiger partial charge in [-0.05, 0) is 68.9 Å². The molecule has 0 aliphatic heterocycles. The lowest BCUT2D eigenvalue weighted by atomic mass is 10.2. The molecule has 0 saturated heterocycles. The Morgan fingerprint density at radius 1 is 0.964 bits per heavy atom. The zero-order valence-electron chi connectivity index (χ0n) is 17.2. The van der Waals surface area contributed by atoms with Gasteiger partial charge in [-0.25, -0.2) is 4.79 Å². The Bertz CT molecular complexity index is 743. The summed E-state index contributed by atoms with van der Waals surface area (Å²) in [6, 6.07) is 12.7. The number of likely N-dealkylation sites (N-methyl/N-ethyl adjacent to an activating group) is 1. The molecular formula is C22H31N3O3. The second-order valence-corrected chi connectivity index (χ2v) is 6.41. The van der Waals surface area contributed by atoms with Crippen molar-refractivity contribution in [2.45, 2.75) is 27.7 Å². The normalized spacial score (nSPS) is 10.6. The van der Waals surface area contributed by atoms with Crippen LogP contribution in [0.25, 0.3) is 0 Å². The highest BCUT2D eigenvalue weighted by molar-refractivity contribution is 6.00. The molecule has 6 heteroatoms. The van der Waals surface area contributed by atoms with Gasteiger partial charge in [0.05, 0.1) is 12.3 Å². The Labute approximate surface area is 167 Å². The number of hydrogen-bond donors (Lipinski definition) is 2. The summed E-state index contributed by atoms with van der Waals surface area (Å²) in [5.41, 5.74) is 2.39. The lowest BCUT2D eigenvalue weighted by Gasteiger charge is -2.18. The van der Waals surface area contributed by atoms with Crippen LogP contribution in [0.1, 0.15) is 26.3 Å². The molecule has 0 aliphatic rings. The van der Waals surface area contributed by atoms with Crippen LogP contribution in [-0.2, 0) is 0 Å². The minimum atomic E-state index is -0.318. The summed E-state index contributed by atoms with van der Waals surface area (Å²) in [7, 11) is 0. The SMILES string of the molecule is CCOc1ccc(C)cc1NC(=O)Nc1ccc(OCCN(CC)CC)cc1. The monoisotopic (exact) mass is 385 g/mol. The first-order chi connectivity index (χ1) is 13.5. The van der Waals surface area contributed by atoms with Crippen LogP contribution in [0.2, 0.25) is 0 Å². The summed E-state index contributed by atoms with van der Waals surface area (Å²) in [5, 5.41) is 5.68. The van der Waals surface area contributed by atoms with E-state index in [4.69, 9.17) is 9.47 Å². The predicted octanol–water partition coefficient (Wildman–Crippen LogP) is 4.76. The summed E-state index contributed by atoms with van der Waals surface area (Å²) >= 11 is 0. The number of anilines is 2. The number of carbonyl (C=O) groups is 1.